The second-order valence-electron chi connectivity index (χ2n) is 14.0. The fraction of sp³-hybridized carbons (Fsp3) is 0.444. The number of halogens is 1. The molecule has 2 spiro atoms. The Morgan fingerprint density at radius 2 is 1.68 bits per heavy atom. The molecular weight excluding hydrogens is 632 g/mol. The molecule has 7 rings (SSSR count). The summed E-state index contributed by atoms with van der Waals surface area (Å²) in [5.41, 5.74) is 2.09. The van der Waals surface area contributed by atoms with Crippen LogP contribution < -0.4 is 20.0 Å². The number of fused-ring (bicyclic) bond motifs is 2. The van der Waals surface area contributed by atoms with Crippen LogP contribution in [0.5, 0.6) is 0 Å². The number of amides is 2. The first kappa shape index (κ1) is 32.3. The predicted molar refractivity (Wildman–Crippen MR) is 186 cm³/mol. The van der Waals surface area contributed by atoms with Gasteiger partial charge in [-0.3, -0.25) is 14.5 Å². The van der Waals surface area contributed by atoms with Crippen LogP contribution in [0, 0.1) is 5.92 Å². The number of benzene rings is 3. The number of nitrogens with zero attached hydrogens (tertiary/aromatic N) is 3. The van der Waals surface area contributed by atoms with Gasteiger partial charge in [0.1, 0.15) is 5.54 Å². The minimum absolute atomic E-state index is 0.0955. The molecule has 3 N–H and O–H groups in total. The summed E-state index contributed by atoms with van der Waals surface area (Å²) in [6.07, 6.45) is 1.38. The molecule has 0 bridgehead atoms. The van der Waals surface area contributed by atoms with Gasteiger partial charge in [-0.1, -0.05) is 48.9 Å². The van der Waals surface area contributed by atoms with E-state index in [1.807, 2.05) is 79.5 Å². The fourth-order valence-electron chi connectivity index (χ4n) is 8.74. The van der Waals surface area contributed by atoms with Gasteiger partial charge in [0.2, 0.25) is 0 Å². The maximum absolute atomic E-state index is 14.6. The van der Waals surface area contributed by atoms with Gasteiger partial charge in [-0.15, -0.1) is 0 Å². The molecule has 2 amide bonds. The first-order valence-corrected chi connectivity index (χ1v) is 20.0. The summed E-state index contributed by atoms with van der Waals surface area (Å²) < 4.78 is 6.67. The third kappa shape index (κ3) is 5.12. The lowest BCUT2D eigenvalue weighted by Crippen LogP contribution is -2.55. The van der Waals surface area contributed by atoms with Crippen molar-refractivity contribution in [1.82, 2.24) is 5.32 Å². The fourth-order valence-corrected chi connectivity index (χ4v) is 11.5. The zero-order valence-electron chi connectivity index (χ0n) is 27.2. The number of hydrogen-bond acceptors (Lipinski definition) is 7. The first-order valence-electron chi connectivity index (χ1n) is 16.6. The second kappa shape index (κ2) is 12.0. The molecule has 4 atom stereocenters. The van der Waals surface area contributed by atoms with E-state index < -0.39 is 25.6 Å². The van der Waals surface area contributed by atoms with E-state index in [4.69, 9.17) is 16.3 Å². The van der Waals surface area contributed by atoms with Crippen molar-refractivity contribution in [2.45, 2.75) is 68.6 Å². The number of para-hydroxylation sites is 1. The van der Waals surface area contributed by atoms with Crippen molar-refractivity contribution >= 4 is 48.8 Å². The maximum atomic E-state index is 14.6. The highest BCUT2D eigenvalue weighted by Crippen LogP contribution is 2.60. The molecule has 0 saturated carbocycles. The van der Waals surface area contributed by atoms with Crippen LogP contribution in [0.3, 0.4) is 0 Å². The Kier molecular flexibility index (Phi) is 8.26. The highest BCUT2D eigenvalue weighted by molar-refractivity contribution is 6.71. The molecule has 3 aromatic carbocycles. The van der Waals surface area contributed by atoms with Gasteiger partial charge >= 0.3 is 0 Å². The molecule has 3 saturated heterocycles. The van der Waals surface area contributed by atoms with Crippen molar-refractivity contribution in [3.63, 3.8) is 0 Å². The van der Waals surface area contributed by atoms with Gasteiger partial charge < -0.3 is 29.8 Å². The van der Waals surface area contributed by atoms with Gasteiger partial charge in [0.05, 0.1) is 25.0 Å². The Bertz CT molecular complexity index is 1660. The summed E-state index contributed by atoms with van der Waals surface area (Å²) in [4.78, 5) is 45.9. The number of ether oxygens (including phenoxy) is 1. The van der Waals surface area contributed by atoms with Crippen molar-refractivity contribution in [1.29, 1.82) is 0 Å². The molecule has 4 aliphatic heterocycles. The van der Waals surface area contributed by atoms with Crippen LogP contribution in [-0.2, 0) is 26.5 Å². The van der Waals surface area contributed by atoms with E-state index >= 15 is 0 Å². The SMILES string of the molecule is C[C@H]1[C@H]([Si](C)(C)O)[C@@H](CCO)O[C@]12C(=O)N(Cc1ccc(N3CN(c4ccccc4)C4(CCNCC4)C3=O)cc1)c1ccc(Cl)cc12. The van der Waals surface area contributed by atoms with Crippen LogP contribution in [0.4, 0.5) is 17.1 Å². The number of aliphatic hydroxyl groups excluding tert-OH is 1. The molecule has 0 aromatic heterocycles. The number of nitrogens with one attached hydrogen (secondary N) is 1. The molecule has 47 heavy (non-hydrogen) atoms. The average molecular weight is 675 g/mol. The van der Waals surface area contributed by atoms with Crippen LogP contribution in [0.15, 0.2) is 72.8 Å². The van der Waals surface area contributed by atoms with E-state index in [2.05, 4.69) is 22.3 Å². The second-order valence-corrected chi connectivity index (χ2v) is 18.4. The van der Waals surface area contributed by atoms with Gasteiger partial charge in [0, 0.05) is 40.0 Å². The van der Waals surface area contributed by atoms with E-state index in [9.17, 15) is 19.5 Å². The number of carbonyl (C=O) groups is 2. The van der Waals surface area contributed by atoms with Crippen LogP contribution in [0.1, 0.15) is 37.3 Å². The normalized spacial score (nSPS) is 27.0. The van der Waals surface area contributed by atoms with Gasteiger partial charge in [-0.05, 0) is 93.5 Å². The lowest BCUT2D eigenvalue weighted by atomic mass is 9.82. The van der Waals surface area contributed by atoms with Crippen LogP contribution in [0.25, 0.3) is 0 Å². The third-order valence-electron chi connectivity index (χ3n) is 10.9. The highest BCUT2D eigenvalue weighted by atomic mass is 35.5. The number of anilines is 3. The molecule has 4 aliphatic rings. The number of hydrogen-bond donors (Lipinski definition) is 3. The summed E-state index contributed by atoms with van der Waals surface area (Å²) in [6.45, 7) is 7.99. The summed E-state index contributed by atoms with van der Waals surface area (Å²) in [5, 5.41) is 13.8. The summed E-state index contributed by atoms with van der Waals surface area (Å²) in [7, 11) is -2.79. The lowest BCUT2D eigenvalue weighted by Gasteiger charge is -2.39. The van der Waals surface area contributed by atoms with Crippen LogP contribution in [0.2, 0.25) is 23.7 Å². The molecule has 3 aromatic rings. The monoisotopic (exact) mass is 674 g/mol. The van der Waals surface area contributed by atoms with Gasteiger partial charge in [-0.2, -0.15) is 0 Å². The minimum atomic E-state index is -2.79. The van der Waals surface area contributed by atoms with Crippen molar-refractivity contribution in [2.24, 2.45) is 5.92 Å². The van der Waals surface area contributed by atoms with Crippen molar-refractivity contribution in [3.8, 4) is 0 Å². The number of piperidine rings is 1. The predicted octanol–water partition coefficient (Wildman–Crippen LogP) is 5.00. The van der Waals surface area contributed by atoms with E-state index in [-0.39, 0.29) is 29.9 Å². The number of carbonyl (C=O) groups excluding carboxylic acids is 2. The topological polar surface area (TPSA) is 106 Å². The van der Waals surface area contributed by atoms with E-state index in [0.29, 0.717) is 30.2 Å². The van der Waals surface area contributed by atoms with Crippen LogP contribution in [-0.4, -0.2) is 68.0 Å². The van der Waals surface area contributed by atoms with Crippen molar-refractivity contribution in [2.75, 3.05) is 41.1 Å². The van der Waals surface area contributed by atoms with Gasteiger partial charge in [0.25, 0.3) is 11.8 Å². The first-order chi connectivity index (χ1) is 22.5. The molecule has 11 heteroatoms. The molecule has 0 aliphatic carbocycles. The van der Waals surface area contributed by atoms with Crippen molar-refractivity contribution in [3.05, 3.63) is 88.9 Å². The Hall–Kier alpha value is -3.25. The summed E-state index contributed by atoms with van der Waals surface area (Å²) in [6, 6.07) is 23.5. The summed E-state index contributed by atoms with van der Waals surface area (Å²) >= 11 is 6.50. The minimum Gasteiger partial charge on any atom is -0.432 e. The van der Waals surface area contributed by atoms with Crippen LogP contribution >= 0.6 is 11.6 Å². The molecule has 9 nitrogen and oxygen atoms in total. The van der Waals surface area contributed by atoms with Gasteiger partial charge in [0.15, 0.2) is 13.9 Å². The van der Waals surface area contributed by atoms with E-state index in [0.717, 1.165) is 48.6 Å². The number of aliphatic hydroxyl groups is 1. The smallest absolute Gasteiger partial charge is 0.264 e. The summed E-state index contributed by atoms with van der Waals surface area (Å²) in [5.74, 6) is -0.386. The molecule has 4 heterocycles. The quantitative estimate of drug-likeness (QED) is 0.303. The Morgan fingerprint density at radius 1 is 0.979 bits per heavy atom. The average Bonchev–Trinajstić information content (AvgIpc) is 3.60. The van der Waals surface area contributed by atoms with Crippen molar-refractivity contribution < 1.29 is 24.2 Å². The molecule has 0 unspecified atom stereocenters. The molecule has 0 radical (unpaired) electrons. The Balaban J connectivity index is 1.18. The maximum Gasteiger partial charge on any atom is 0.264 e. The van der Waals surface area contributed by atoms with Gasteiger partial charge in [-0.25, -0.2) is 0 Å². The van der Waals surface area contributed by atoms with E-state index in [1.54, 1.807) is 11.0 Å². The third-order valence-corrected chi connectivity index (χ3v) is 13.6. The Labute approximate surface area is 282 Å². The number of rotatable bonds is 7. The zero-order chi connectivity index (χ0) is 33.1. The standard InChI is InChI=1S/C36H43ClN4O5Si/c1-24-32(47(2,3)45)31(15-20-42)46-36(24)29-21-26(37)11-14-30(29)39(34(36)44)22-25-9-12-27(13-10-25)40-23-41(28-7-5-4-6-8-28)35(33(40)43)16-18-38-19-17-35/h4-14,21,24,31-32,38,42,45H,15-20,22-23H2,1-3H3/t24-,31+,32-,36+/m0/s1. The molecular formula is C36H43ClN4O5Si. The molecule has 248 valence electrons. The highest BCUT2D eigenvalue weighted by Gasteiger charge is 2.66. The zero-order valence-corrected chi connectivity index (χ0v) is 28.9. The Morgan fingerprint density at radius 3 is 2.34 bits per heavy atom. The van der Waals surface area contributed by atoms with E-state index in [1.165, 1.54) is 0 Å². The lowest BCUT2D eigenvalue weighted by molar-refractivity contribution is -0.146. The largest absolute Gasteiger partial charge is 0.432 e. The molecule has 3 fully saturated rings.